The zero-order valence-corrected chi connectivity index (χ0v) is 6.41. The van der Waals surface area contributed by atoms with Crippen molar-refractivity contribution in [2.24, 2.45) is 0 Å². The molecule has 0 aromatic rings. The molecule has 54 valence electrons. The van der Waals surface area contributed by atoms with Crippen molar-refractivity contribution in [1.82, 2.24) is 0 Å². The topological polar surface area (TPSA) is 26.3 Å². The van der Waals surface area contributed by atoms with Crippen LogP contribution in [0.1, 0.15) is 19.3 Å². The Morgan fingerprint density at radius 2 is 2.11 bits per heavy atom. The van der Waals surface area contributed by atoms with Crippen molar-refractivity contribution in [2.45, 2.75) is 19.3 Å². The first kappa shape index (κ1) is 9.21. The van der Waals surface area contributed by atoms with Crippen molar-refractivity contribution < 1.29 is 9.08 Å². The van der Waals surface area contributed by atoms with Gasteiger partial charge in [0.15, 0.2) is 0 Å². The highest BCUT2D eigenvalue weighted by atomic mass is 35.5. The standard InChI is InChI=1S/C5H8Cl2O2/c6-5(8)3-1-2-4-9-7/h1-4H2. The minimum absolute atomic E-state index is 0.301. The third-order valence-electron chi connectivity index (χ3n) is 0.845. The second kappa shape index (κ2) is 6.33. The van der Waals surface area contributed by atoms with E-state index in [0.717, 1.165) is 12.8 Å². The van der Waals surface area contributed by atoms with Crippen molar-refractivity contribution in [3.05, 3.63) is 0 Å². The number of unbranched alkanes of at least 4 members (excludes halogenated alkanes) is 1. The Hall–Kier alpha value is 0.210. The summed E-state index contributed by atoms with van der Waals surface area (Å²) in [5.74, 6) is 0. The summed E-state index contributed by atoms with van der Waals surface area (Å²) < 4.78 is 4.24. The molecule has 0 saturated carbocycles. The first-order valence-electron chi connectivity index (χ1n) is 2.69. The molecule has 0 spiro atoms. The molecule has 0 fully saturated rings. The highest BCUT2D eigenvalue weighted by molar-refractivity contribution is 6.63. The highest BCUT2D eigenvalue weighted by Crippen LogP contribution is 1.99. The lowest BCUT2D eigenvalue weighted by atomic mass is 10.3. The Morgan fingerprint density at radius 3 is 2.56 bits per heavy atom. The van der Waals surface area contributed by atoms with Crippen LogP contribution in [0.2, 0.25) is 0 Å². The number of hydrogen-bond acceptors (Lipinski definition) is 2. The zero-order chi connectivity index (χ0) is 7.11. The van der Waals surface area contributed by atoms with E-state index in [9.17, 15) is 4.79 Å². The van der Waals surface area contributed by atoms with Gasteiger partial charge in [-0.05, 0) is 24.4 Å². The van der Waals surface area contributed by atoms with Gasteiger partial charge in [-0.3, -0.25) is 9.08 Å². The van der Waals surface area contributed by atoms with E-state index in [1.165, 1.54) is 0 Å². The van der Waals surface area contributed by atoms with Crippen LogP contribution in [0.15, 0.2) is 0 Å². The summed E-state index contributed by atoms with van der Waals surface area (Å²) in [5.41, 5.74) is 0. The van der Waals surface area contributed by atoms with Crippen molar-refractivity contribution in [1.29, 1.82) is 0 Å². The molecule has 0 bridgehead atoms. The van der Waals surface area contributed by atoms with Gasteiger partial charge in [-0.2, -0.15) is 0 Å². The number of hydrogen-bond donors (Lipinski definition) is 0. The fraction of sp³-hybridized carbons (Fsp3) is 0.800. The van der Waals surface area contributed by atoms with Crippen LogP contribution in [0.5, 0.6) is 0 Å². The average Bonchev–Trinajstić information content (AvgIpc) is 1.80. The third-order valence-corrected chi connectivity index (χ3v) is 1.19. The quantitative estimate of drug-likeness (QED) is 0.467. The van der Waals surface area contributed by atoms with Crippen LogP contribution in [0.4, 0.5) is 0 Å². The maximum absolute atomic E-state index is 10.1. The summed E-state index contributed by atoms with van der Waals surface area (Å²) in [4.78, 5) is 10.1. The maximum Gasteiger partial charge on any atom is 0.221 e. The molecular formula is C5H8Cl2O2. The number of rotatable bonds is 5. The Labute approximate surface area is 64.3 Å². The molecule has 0 aliphatic carbocycles. The van der Waals surface area contributed by atoms with E-state index in [1.54, 1.807) is 0 Å². The predicted molar refractivity (Wildman–Crippen MR) is 36.5 cm³/mol. The number of carbonyl (C=O) groups is 1. The Kier molecular flexibility index (Phi) is 6.48. The van der Waals surface area contributed by atoms with Crippen LogP contribution in [0.3, 0.4) is 0 Å². The van der Waals surface area contributed by atoms with Crippen LogP contribution >= 0.6 is 23.5 Å². The minimum atomic E-state index is -0.301. The molecule has 0 saturated heterocycles. The summed E-state index contributed by atoms with van der Waals surface area (Å²) >= 11 is 9.94. The van der Waals surface area contributed by atoms with E-state index in [1.807, 2.05) is 0 Å². The fourth-order valence-electron chi connectivity index (χ4n) is 0.421. The van der Waals surface area contributed by atoms with Gasteiger partial charge in [0.05, 0.1) is 18.5 Å². The number of halogens is 2. The zero-order valence-electron chi connectivity index (χ0n) is 4.90. The molecule has 0 radical (unpaired) electrons. The molecule has 0 aromatic carbocycles. The van der Waals surface area contributed by atoms with E-state index in [-0.39, 0.29) is 5.24 Å². The molecule has 0 heterocycles. The normalized spacial score (nSPS) is 9.56. The maximum atomic E-state index is 10.1. The van der Waals surface area contributed by atoms with E-state index in [2.05, 4.69) is 4.29 Å². The van der Waals surface area contributed by atoms with Crippen molar-refractivity contribution in [3.63, 3.8) is 0 Å². The lowest BCUT2D eigenvalue weighted by Crippen LogP contribution is -1.89. The number of carbonyl (C=O) groups excluding carboxylic acids is 1. The second-order valence-corrected chi connectivity index (χ2v) is 2.27. The van der Waals surface area contributed by atoms with Crippen LogP contribution < -0.4 is 0 Å². The molecule has 0 N–H and O–H groups in total. The van der Waals surface area contributed by atoms with Gasteiger partial charge in [-0.1, -0.05) is 0 Å². The second-order valence-electron chi connectivity index (χ2n) is 1.63. The molecule has 9 heavy (non-hydrogen) atoms. The Morgan fingerprint density at radius 1 is 1.44 bits per heavy atom. The van der Waals surface area contributed by atoms with Gasteiger partial charge in [0.25, 0.3) is 0 Å². The molecule has 2 nitrogen and oxygen atoms in total. The summed E-state index contributed by atoms with van der Waals surface area (Å²) in [5, 5.41) is -0.301. The third kappa shape index (κ3) is 8.21. The summed E-state index contributed by atoms with van der Waals surface area (Å²) in [6.45, 7) is 0.478. The van der Waals surface area contributed by atoms with Crippen molar-refractivity contribution in [3.8, 4) is 0 Å². The van der Waals surface area contributed by atoms with Gasteiger partial charge < -0.3 is 0 Å². The van der Waals surface area contributed by atoms with Gasteiger partial charge in [0, 0.05) is 6.42 Å². The van der Waals surface area contributed by atoms with Gasteiger partial charge in [0.2, 0.25) is 5.24 Å². The van der Waals surface area contributed by atoms with Crippen LogP contribution in [0, 0.1) is 0 Å². The summed E-state index contributed by atoms with van der Waals surface area (Å²) in [6.07, 6.45) is 1.93. The predicted octanol–water partition coefficient (Wildman–Crippen LogP) is 2.09. The lowest BCUT2D eigenvalue weighted by molar-refractivity contribution is -0.111. The van der Waals surface area contributed by atoms with Crippen LogP contribution in [-0.2, 0) is 9.08 Å². The Balaban J connectivity index is 2.83. The van der Waals surface area contributed by atoms with Crippen LogP contribution in [-0.4, -0.2) is 11.8 Å². The molecule has 0 rings (SSSR count). The van der Waals surface area contributed by atoms with Crippen molar-refractivity contribution in [2.75, 3.05) is 6.61 Å². The molecule has 4 heteroatoms. The minimum Gasteiger partial charge on any atom is -0.281 e. The SMILES string of the molecule is O=C(Cl)CCCCOCl. The molecular weight excluding hydrogens is 163 g/mol. The van der Waals surface area contributed by atoms with E-state index < -0.39 is 0 Å². The van der Waals surface area contributed by atoms with E-state index in [4.69, 9.17) is 23.5 Å². The first-order valence-corrected chi connectivity index (χ1v) is 3.38. The van der Waals surface area contributed by atoms with E-state index in [0.29, 0.717) is 13.0 Å². The molecule has 0 atom stereocenters. The monoisotopic (exact) mass is 170 g/mol. The van der Waals surface area contributed by atoms with Gasteiger partial charge in [0.1, 0.15) is 0 Å². The first-order chi connectivity index (χ1) is 4.27. The van der Waals surface area contributed by atoms with Crippen molar-refractivity contribution >= 4 is 28.7 Å². The van der Waals surface area contributed by atoms with Gasteiger partial charge in [-0.15, -0.1) is 0 Å². The highest BCUT2D eigenvalue weighted by Gasteiger charge is 1.94. The van der Waals surface area contributed by atoms with Gasteiger partial charge in [-0.25, -0.2) is 0 Å². The molecule has 0 aliphatic heterocycles. The smallest absolute Gasteiger partial charge is 0.221 e. The molecule has 0 unspecified atom stereocenters. The van der Waals surface area contributed by atoms with E-state index >= 15 is 0 Å². The fourth-order valence-corrected chi connectivity index (χ4v) is 0.663. The molecule has 0 aliphatic rings. The largest absolute Gasteiger partial charge is 0.281 e. The van der Waals surface area contributed by atoms with Crippen LogP contribution in [0.25, 0.3) is 0 Å². The summed E-state index contributed by atoms with van der Waals surface area (Å²) in [7, 11) is 0. The Bertz CT molecular complexity index is 85.0. The average molecular weight is 171 g/mol. The summed E-state index contributed by atoms with van der Waals surface area (Å²) in [6, 6.07) is 0. The van der Waals surface area contributed by atoms with Gasteiger partial charge >= 0.3 is 0 Å². The molecule has 0 aromatic heterocycles. The lowest BCUT2D eigenvalue weighted by Gasteiger charge is -1.92. The molecule has 0 amide bonds.